The monoisotopic (exact) mass is 183 g/mol. The lowest BCUT2D eigenvalue weighted by Gasteiger charge is -2.08. The van der Waals surface area contributed by atoms with E-state index in [4.69, 9.17) is 5.84 Å². The van der Waals surface area contributed by atoms with E-state index in [1.807, 2.05) is 0 Å². The summed E-state index contributed by atoms with van der Waals surface area (Å²) in [4.78, 5) is 14.4. The fourth-order valence-corrected chi connectivity index (χ4v) is 0.976. The van der Waals surface area contributed by atoms with Gasteiger partial charge in [-0.2, -0.15) is 5.10 Å². The van der Waals surface area contributed by atoms with Crippen LogP contribution in [0.1, 0.15) is 16.4 Å². The summed E-state index contributed by atoms with van der Waals surface area (Å²) in [5.74, 6) is 6.37. The Labute approximate surface area is 76.3 Å². The standard InChI is InChI=1S/C7H13N5O/c1-6-9-7(5-13)12(10-6)4-3-11(2)8/h5H,3-4,8H2,1-2H3. The molecule has 2 N–H and O–H groups in total. The molecular weight excluding hydrogens is 170 g/mol. The van der Waals surface area contributed by atoms with Gasteiger partial charge in [0.1, 0.15) is 5.82 Å². The molecule has 1 aromatic rings. The Morgan fingerprint density at radius 2 is 2.38 bits per heavy atom. The Morgan fingerprint density at radius 3 is 2.92 bits per heavy atom. The Balaban J connectivity index is 2.69. The highest BCUT2D eigenvalue weighted by molar-refractivity contribution is 5.68. The molecule has 0 aliphatic carbocycles. The first-order chi connectivity index (χ1) is 6.13. The SMILES string of the molecule is Cc1nc(C=O)n(CCN(C)N)n1. The Hall–Kier alpha value is -1.27. The highest BCUT2D eigenvalue weighted by Crippen LogP contribution is 1.94. The van der Waals surface area contributed by atoms with Crippen molar-refractivity contribution >= 4 is 6.29 Å². The number of hydrogen-bond acceptors (Lipinski definition) is 5. The summed E-state index contributed by atoms with van der Waals surface area (Å²) in [5.41, 5.74) is 0. The molecule has 0 radical (unpaired) electrons. The van der Waals surface area contributed by atoms with Gasteiger partial charge < -0.3 is 0 Å². The van der Waals surface area contributed by atoms with Gasteiger partial charge in [-0.25, -0.2) is 14.7 Å². The second-order valence-corrected chi connectivity index (χ2v) is 2.84. The maximum absolute atomic E-state index is 10.5. The highest BCUT2D eigenvalue weighted by Gasteiger charge is 2.05. The average molecular weight is 183 g/mol. The third-order valence-corrected chi connectivity index (χ3v) is 1.58. The van der Waals surface area contributed by atoms with Gasteiger partial charge >= 0.3 is 0 Å². The van der Waals surface area contributed by atoms with E-state index in [2.05, 4.69) is 10.1 Å². The average Bonchev–Trinajstić information content (AvgIpc) is 2.42. The molecule has 1 heterocycles. The zero-order valence-electron chi connectivity index (χ0n) is 7.77. The summed E-state index contributed by atoms with van der Waals surface area (Å²) in [5, 5.41) is 5.58. The van der Waals surface area contributed by atoms with E-state index in [1.54, 1.807) is 18.7 Å². The number of aldehydes is 1. The Bertz CT molecular complexity index is 293. The van der Waals surface area contributed by atoms with Gasteiger partial charge in [-0.1, -0.05) is 0 Å². The van der Waals surface area contributed by atoms with E-state index in [0.29, 0.717) is 31.0 Å². The molecule has 0 aliphatic rings. The molecule has 0 atom stereocenters. The largest absolute Gasteiger partial charge is 0.294 e. The lowest BCUT2D eigenvalue weighted by atomic mass is 10.6. The number of nitrogens with two attached hydrogens (primary N) is 1. The Morgan fingerprint density at radius 1 is 1.69 bits per heavy atom. The molecule has 1 rings (SSSR count). The lowest BCUT2D eigenvalue weighted by molar-refractivity contribution is 0.110. The van der Waals surface area contributed by atoms with Crippen molar-refractivity contribution in [2.24, 2.45) is 5.84 Å². The molecule has 0 amide bonds. The minimum absolute atomic E-state index is 0.347. The smallest absolute Gasteiger partial charge is 0.191 e. The molecule has 0 bridgehead atoms. The minimum Gasteiger partial charge on any atom is -0.294 e. The number of hydrazine groups is 1. The summed E-state index contributed by atoms with van der Waals surface area (Å²) >= 11 is 0. The van der Waals surface area contributed by atoms with Crippen LogP contribution < -0.4 is 5.84 Å². The molecule has 0 unspecified atom stereocenters. The number of nitrogens with zero attached hydrogens (tertiary/aromatic N) is 4. The number of rotatable bonds is 4. The van der Waals surface area contributed by atoms with Crippen molar-refractivity contribution in [1.29, 1.82) is 0 Å². The van der Waals surface area contributed by atoms with Crippen molar-refractivity contribution in [3.63, 3.8) is 0 Å². The summed E-state index contributed by atoms with van der Waals surface area (Å²) in [6.45, 7) is 2.95. The van der Waals surface area contributed by atoms with E-state index >= 15 is 0 Å². The second-order valence-electron chi connectivity index (χ2n) is 2.84. The van der Waals surface area contributed by atoms with Crippen molar-refractivity contribution < 1.29 is 4.79 Å². The normalized spacial score (nSPS) is 10.8. The fourth-order valence-electron chi connectivity index (χ4n) is 0.976. The predicted octanol–water partition coefficient (Wildman–Crippen LogP) is -0.795. The first-order valence-electron chi connectivity index (χ1n) is 3.96. The van der Waals surface area contributed by atoms with E-state index < -0.39 is 0 Å². The van der Waals surface area contributed by atoms with Gasteiger partial charge in [-0.3, -0.25) is 10.6 Å². The molecule has 6 heteroatoms. The topological polar surface area (TPSA) is 77.0 Å². The third kappa shape index (κ3) is 2.60. The maximum Gasteiger partial charge on any atom is 0.191 e. The molecule has 0 aromatic carbocycles. The first kappa shape index (κ1) is 9.82. The van der Waals surface area contributed by atoms with Crippen LogP contribution in [0, 0.1) is 6.92 Å². The van der Waals surface area contributed by atoms with Gasteiger partial charge in [-0.15, -0.1) is 0 Å². The molecule has 6 nitrogen and oxygen atoms in total. The maximum atomic E-state index is 10.5. The first-order valence-corrected chi connectivity index (χ1v) is 3.96. The van der Waals surface area contributed by atoms with Crippen LogP contribution in [0.4, 0.5) is 0 Å². The quantitative estimate of drug-likeness (QED) is 0.376. The number of aryl methyl sites for hydroxylation is 1. The van der Waals surface area contributed by atoms with Crippen molar-refractivity contribution in [3.8, 4) is 0 Å². The van der Waals surface area contributed by atoms with E-state index in [-0.39, 0.29) is 0 Å². The van der Waals surface area contributed by atoms with Crippen LogP contribution in [0.3, 0.4) is 0 Å². The summed E-state index contributed by atoms with van der Waals surface area (Å²) in [7, 11) is 1.75. The van der Waals surface area contributed by atoms with Crippen molar-refractivity contribution in [3.05, 3.63) is 11.6 Å². The van der Waals surface area contributed by atoms with Gasteiger partial charge in [0.2, 0.25) is 0 Å². The number of hydrogen-bond donors (Lipinski definition) is 1. The van der Waals surface area contributed by atoms with Gasteiger partial charge in [0.15, 0.2) is 12.1 Å². The van der Waals surface area contributed by atoms with Gasteiger partial charge in [-0.05, 0) is 6.92 Å². The van der Waals surface area contributed by atoms with Crippen LogP contribution in [0.2, 0.25) is 0 Å². The molecule has 72 valence electrons. The molecule has 0 saturated carbocycles. The van der Waals surface area contributed by atoms with Crippen LogP contribution in [-0.2, 0) is 6.54 Å². The van der Waals surface area contributed by atoms with Crippen LogP contribution in [0.15, 0.2) is 0 Å². The molecule has 0 aliphatic heterocycles. The fraction of sp³-hybridized carbons (Fsp3) is 0.571. The predicted molar refractivity (Wildman–Crippen MR) is 47.0 cm³/mol. The third-order valence-electron chi connectivity index (χ3n) is 1.58. The molecule has 0 saturated heterocycles. The number of likely N-dealkylation sites (N-methyl/N-ethyl adjacent to an activating group) is 1. The second kappa shape index (κ2) is 4.11. The van der Waals surface area contributed by atoms with Crippen LogP contribution >= 0.6 is 0 Å². The summed E-state index contributed by atoms with van der Waals surface area (Å²) in [6.07, 6.45) is 0.691. The van der Waals surface area contributed by atoms with Crippen LogP contribution in [0.25, 0.3) is 0 Å². The van der Waals surface area contributed by atoms with Gasteiger partial charge in [0, 0.05) is 13.6 Å². The van der Waals surface area contributed by atoms with Crippen molar-refractivity contribution in [1.82, 2.24) is 19.8 Å². The van der Waals surface area contributed by atoms with E-state index in [9.17, 15) is 4.79 Å². The van der Waals surface area contributed by atoms with E-state index in [1.165, 1.54) is 5.01 Å². The van der Waals surface area contributed by atoms with Crippen LogP contribution in [-0.4, -0.2) is 39.7 Å². The van der Waals surface area contributed by atoms with Crippen molar-refractivity contribution in [2.75, 3.05) is 13.6 Å². The van der Waals surface area contributed by atoms with E-state index in [0.717, 1.165) is 0 Å². The summed E-state index contributed by atoms with van der Waals surface area (Å²) in [6, 6.07) is 0. The number of carbonyl (C=O) groups is 1. The molecule has 0 fully saturated rings. The zero-order chi connectivity index (χ0) is 9.84. The summed E-state index contributed by atoms with van der Waals surface area (Å²) < 4.78 is 1.55. The number of carbonyl (C=O) groups excluding carboxylic acids is 1. The number of aromatic nitrogens is 3. The van der Waals surface area contributed by atoms with Crippen molar-refractivity contribution in [2.45, 2.75) is 13.5 Å². The Kier molecular flexibility index (Phi) is 3.10. The molecule has 13 heavy (non-hydrogen) atoms. The lowest BCUT2D eigenvalue weighted by Crippen LogP contribution is -2.30. The molecular formula is C7H13N5O. The minimum atomic E-state index is 0.347. The zero-order valence-corrected chi connectivity index (χ0v) is 7.77. The molecule has 0 spiro atoms. The van der Waals surface area contributed by atoms with Crippen LogP contribution in [0.5, 0.6) is 0 Å². The van der Waals surface area contributed by atoms with Gasteiger partial charge in [0.05, 0.1) is 6.54 Å². The van der Waals surface area contributed by atoms with Gasteiger partial charge in [0.25, 0.3) is 0 Å². The highest BCUT2D eigenvalue weighted by atomic mass is 16.1. The molecule has 1 aromatic heterocycles.